The number of aliphatic carboxylic acids is 1. The second-order valence-electron chi connectivity index (χ2n) is 14.5. The molecule has 0 aliphatic carbocycles. The number of phosphoric acid groups is 1. The van der Waals surface area contributed by atoms with E-state index >= 15 is 0 Å². The largest absolute Gasteiger partial charge is 0.480 e. The smallest absolute Gasteiger partial charge is 0.472 e. The second kappa shape index (κ2) is 38.6. The molecular weight excluding hydrogens is 721 g/mol. The zero-order chi connectivity index (χ0) is 40.7. The molecule has 0 saturated carbocycles. The van der Waals surface area contributed by atoms with Gasteiger partial charge in [0.15, 0.2) is 6.04 Å². The molecule has 0 aromatic rings. The summed E-state index contributed by atoms with van der Waals surface area (Å²) in [5.41, 5.74) is 0. The van der Waals surface area contributed by atoms with Gasteiger partial charge in [0.1, 0.15) is 12.7 Å². The summed E-state index contributed by atoms with van der Waals surface area (Å²) in [6.45, 7) is 2.54. The second-order valence-corrected chi connectivity index (χ2v) is 16.0. The molecule has 0 aliphatic heterocycles. The van der Waals surface area contributed by atoms with Crippen LogP contribution in [0.5, 0.6) is 0 Å². The number of esters is 1. The number of phosphoric ester groups is 1. The Hall–Kier alpha value is -2.30. The fourth-order valence-electron chi connectivity index (χ4n) is 5.75. The number of aliphatic hydroxyl groups excluding tert-OH is 1. The van der Waals surface area contributed by atoms with Crippen molar-refractivity contribution in [2.45, 2.75) is 199 Å². The van der Waals surface area contributed by atoms with Crippen LogP contribution in [-0.2, 0) is 32.7 Å². The lowest BCUT2D eigenvalue weighted by atomic mass is 10.1. The van der Waals surface area contributed by atoms with Crippen LogP contribution in [0.25, 0.3) is 0 Å². The maximum atomic E-state index is 12.3. The predicted molar refractivity (Wildman–Crippen MR) is 222 cm³/mol. The van der Waals surface area contributed by atoms with Gasteiger partial charge in [-0.25, -0.2) is 9.36 Å². The summed E-state index contributed by atoms with van der Waals surface area (Å²) in [4.78, 5) is 45.8. The highest BCUT2D eigenvalue weighted by atomic mass is 31.2. The molecule has 0 aromatic carbocycles. The molecule has 0 aliphatic rings. The quantitative estimate of drug-likeness (QED) is 0.0202. The Morgan fingerprint density at radius 2 is 1.00 bits per heavy atom. The van der Waals surface area contributed by atoms with Crippen molar-refractivity contribution < 1.29 is 47.8 Å². The molecule has 4 N–H and O–H groups in total. The summed E-state index contributed by atoms with van der Waals surface area (Å²) in [7, 11) is -4.76. The lowest BCUT2D eigenvalue weighted by Crippen LogP contribution is -2.43. The van der Waals surface area contributed by atoms with E-state index in [1.807, 2.05) is 0 Å². The SMILES string of the molecule is CCCCCC/C=C\C/C=C\CCCCCCCCCC(=O)OCC(O)COP(=O)(O)OCC(NC(=O)CCCCCCC/C=C\CCCCCC)C(=O)O. The molecule has 12 heteroatoms. The summed E-state index contributed by atoms with van der Waals surface area (Å²) in [5.74, 6) is -2.39. The maximum Gasteiger partial charge on any atom is 0.472 e. The number of unbranched alkanes of at least 4 members (excludes halogenated alkanes) is 20. The molecule has 0 aromatic heterocycles. The minimum atomic E-state index is -4.76. The third kappa shape index (κ3) is 38.4. The Labute approximate surface area is 333 Å². The highest BCUT2D eigenvalue weighted by Crippen LogP contribution is 2.43. The molecule has 3 atom stereocenters. The van der Waals surface area contributed by atoms with Crippen LogP contribution in [0.1, 0.15) is 187 Å². The van der Waals surface area contributed by atoms with Crippen molar-refractivity contribution >= 4 is 25.7 Å². The molecule has 320 valence electrons. The Kier molecular flexibility index (Phi) is 37.0. The highest BCUT2D eigenvalue weighted by molar-refractivity contribution is 7.47. The average molecular weight is 800 g/mol. The molecule has 55 heavy (non-hydrogen) atoms. The van der Waals surface area contributed by atoms with Crippen molar-refractivity contribution in [3.63, 3.8) is 0 Å². The van der Waals surface area contributed by atoms with Gasteiger partial charge in [-0.15, -0.1) is 0 Å². The topological polar surface area (TPSA) is 169 Å². The number of carbonyl (C=O) groups excluding carboxylic acids is 2. The Balaban J connectivity index is 3.92. The first-order chi connectivity index (χ1) is 26.6. The standard InChI is InChI=1S/C43H78NO10P/c1-3-5-7-9-11-13-15-17-18-19-20-21-23-25-27-29-31-33-35-42(47)52-36-39(45)37-53-55(50,51)54-38-40(43(48)49)44-41(46)34-32-30-28-26-24-22-16-14-12-10-8-6-4-2/h13-16,18-19,39-40,45H,3-12,17,20-38H2,1-2H3,(H,44,46)(H,48,49)(H,50,51)/b15-13-,16-14-,19-18-. The van der Waals surface area contributed by atoms with Gasteiger partial charge in [-0.1, -0.05) is 140 Å². The summed E-state index contributed by atoms with van der Waals surface area (Å²) in [6.07, 6.45) is 40.2. The van der Waals surface area contributed by atoms with Gasteiger partial charge in [-0.2, -0.15) is 0 Å². The van der Waals surface area contributed by atoms with Crippen molar-refractivity contribution in [1.82, 2.24) is 5.32 Å². The van der Waals surface area contributed by atoms with Crippen LogP contribution in [0.3, 0.4) is 0 Å². The van der Waals surface area contributed by atoms with Crippen molar-refractivity contribution in [2.24, 2.45) is 0 Å². The van der Waals surface area contributed by atoms with Gasteiger partial charge in [-0.3, -0.25) is 18.6 Å². The predicted octanol–water partition coefficient (Wildman–Crippen LogP) is 10.8. The van der Waals surface area contributed by atoms with Crippen molar-refractivity contribution in [3.05, 3.63) is 36.5 Å². The molecular formula is C43H78NO10P. The van der Waals surface area contributed by atoms with Gasteiger partial charge in [0.2, 0.25) is 5.91 Å². The summed E-state index contributed by atoms with van der Waals surface area (Å²) >= 11 is 0. The van der Waals surface area contributed by atoms with E-state index in [4.69, 9.17) is 13.8 Å². The van der Waals surface area contributed by atoms with Crippen LogP contribution < -0.4 is 5.32 Å². The number of ether oxygens (including phenoxy) is 1. The van der Waals surface area contributed by atoms with E-state index < -0.39 is 57.6 Å². The first kappa shape index (κ1) is 52.7. The van der Waals surface area contributed by atoms with Crippen molar-refractivity contribution in [3.8, 4) is 0 Å². The molecule has 0 fully saturated rings. The summed E-state index contributed by atoms with van der Waals surface area (Å²) < 4.78 is 26.8. The van der Waals surface area contributed by atoms with Gasteiger partial charge < -0.3 is 25.2 Å². The molecule has 0 bridgehead atoms. The van der Waals surface area contributed by atoms with Crippen LogP contribution in [0.15, 0.2) is 36.5 Å². The number of hydrogen-bond donors (Lipinski definition) is 4. The highest BCUT2D eigenvalue weighted by Gasteiger charge is 2.28. The van der Waals surface area contributed by atoms with Crippen LogP contribution in [0.2, 0.25) is 0 Å². The number of carbonyl (C=O) groups is 3. The fraction of sp³-hybridized carbons (Fsp3) is 0.791. The summed E-state index contributed by atoms with van der Waals surface area (Å²) in [6, 6.07) is -1.55. The van der Waals surface area contributed by atoms with E-state index in [-0.39, 0.29) is 12.8 Å². The van der Waals surface area contributed by atoms with Gasteiger partial charge in [-0.05, 0) is 70.6 Å². The number of nitrogens with one attached hydrogen (secondary N) is 1. The zero-order valence-corrected chi connectivity index (χ0v) is 35.4. The van der Waals surface area contributed by atoms with Crippen LogP contribution in [0, 0.1) is 0 Å². The fourth-order valence-corrected chi connectivity index (χ4v) is 6.52. The van der Waals surface area contributed by atoms with E-state index in [2.05, 4.69) is 55.6 Å². The number of hydrogen-bond acceptors (Lipinski definition) is 8. The normalized spacial score (nSPS) is 14.1. The molecule has 11 nitrogen and oxygen atoms in total. The zero-order valence-electron chi connectivity index (χ0n) is 34.5. The first-order valence-electron chi connectivity index (χ1n) is 21.5. The van der Waals surface area contributed by atoms with Crippen LogP contribution in [-0.4, -0.2) is 64.9 Å². The number of allylic oxidation sites excluding steroid dienone is 6. The Morgan fingerprint density at radius 3 is 1.49 bits per heavy atom. The van der Waals surface area contributed by atoms with E-state index in [9.17, 15) is 34.1 Å². The van der Waals surface area contributed by atoms with E-state index in [0.717, 1.165) is 70.6 Å². The number of rotatable bonds is 40. The molecule has 0 radical (unpaired) electrons. The number of carboxylic acid groups (broad SMARTS) is 1. The Bertz CT molecular complexity index is 1080. The Morgan fingerprint density at radius 1 is 0.582 bits per heavy atom. The monoisotopic (exact) mass is 800 g/mol. The third-order valence-corrected chi connectivity index (χ3v) is 10.1. The van der Waals surface area contributed by atoms with E-state index in [1.165, 1.54) is 77.0 Å². The van der Waals surface area contributed by atoms with E-state index in [1.54, 1.807) is 0 Å². The van der Waals surface area contributed by atoms with Gasteiger partial charge in [0.25, 0.3) is 0 Å². The average Bonchev–Trinajstić information content (AvgIpc) is 3.16. The number of aliphatic hydroxyl groups is 1. The lowest BCUT2D eigenvalue weighted by molar-refractivity contribution is -0.147. The van der Waals surface area contributed by atoms with Crippen molar-refractivity contribution in [2.75, 3.05) is 19.8 Å². The minimum Gasteiger partial charge on any atom is -0.480 e. The van der Waals surface area contributed by atoms with Gasteiger partial charge >= 0.3 is 19.8 Å². The lowest BCUT2D eigenvalue weighted by Gasteiger charge is -2.18. The molecule has 0 saturated heterocycles. The first-order valence-corrected chi connectivity index (χ1v) is 23.0. The van der Waals surface area contributed by atoms with Gasteiger partial charge in [0.05, 0.1) is 13.2 Å². The van der Waals surface area contributed by atoms with Crippen LogP contribution >= 0.6 is 7.82 Å². The molecule has 3 unspecified atom stereocenters. The van der Waals surface area contributed by atoms with E-state index in [0.29, 0.717) is 12.8 Å². The molecule has 0 rings (SSSR count). The molecule has 0 heterocycles. The molecule has 1 amide bonds. The molecule has 0 spiro atoms. The number of carboxylic acids is 1. The summed E-state index contributed by atoms with van der Waals surface area (Å²) in [5, 5.41) is 21.8. The van der Waals surface area contributed by atoms with Crippen molar-refractivity contribution in [1.29, 1.82) is 0 Å². The maximum absolute atomic E-state index is 12.3. The van der Waals surface area contributed by atoms with Crippen LogP contribution in [0.4, 0.5) is 0 Å². The third-order valence-electron chi connectivity index (χ3n) is 9.15. The minimum absolute atomic E-state index is 0.135. The van der Waals surface area contributed by atoms with Gasteiger partial charge in [0, 0.05) is 12.8 Å². The number of amides is 1.